The standard InChI is InChI=1S/C20H25FN2/c21-19-8-6-17(7-9-19)18(15-22)14-16-4-10-20(11-5-16)23-12-2-1-3-13-23/h4-11,18H,1-3,12-15,22H2. The van der Waals surface area contributed by atoms with Gasteiger partial charge in [-0.2, -0.15) is 0 Å². The average Bonchev–Trinajstić information content (AvgIpc) is 2.62. The highest BCUT2D eigenvalue weighted by molar-refractivity contribution is 5.48. The van der Waals surface area contributed by atoms with Crippen molar-refractivity contribution in [3.63, 3.8) is 0 Å². The third kappa shape index (κ3) is 4.11. The second-order valence-electron chi connectivity index (χ2n) is 6.40. The molecule has 1 fully saturated rings. The Labute approximate surface area is 138 Å². The van der Waals surface area contributed by atoms with Crippen molar-refractivity contribution in [1.29, 1.82) is 0 Å². The fraction of sp³-hybridized carbons (Fsp3) is 0.400. The Morgan fingerprint density at radius 3 is 2.17 bits per heavy atom. The minimum Gasteiger partial charge on any atom is -0.372 e. The van der Waals surface area contributed by atoms with Crippen molar-refractivity contribution in [2.24, 2.45) is 5.73 Å². The number of hydrogen-bond acceptors (Lipinski definition) is 2. The van der Waals surface area contributed by atoms with E-state index >= 15 is 0 Å². The van der Waals surface area contributed by atoms with Crippen molar-refractivity contribution in [3.05, 3.63) is 65.5 Å². The van der Waals surface area contributed by atoms with E-state index in [9.17, 15) is 4.39 Å². The molecule has 2 nitrogen and oxygen atoms in total. The molecule has 23 heavy (non-hydrogen) atoms. The quantitative estimate of drug-likeness (QED) is 0.900. The molecule has 1 aliphatic heterocycles. The number of benzene rings is 2. The Kier molecular flexibility index (Phi) is 5.29. The Morgan fingerprint density at radius 1 is 0.913 bits per heavy atom. The van der Waals surface area contributed by atoms with Gasteiger partial charge in [-0.25, -0.2) is 4.39 Å². The zero-order chi connectivity index (χ0) is 16.1. The van der Waals surface area contributed by atoms with Crippen LogP contribution >= 0.6 is 0 Å². The van der Waals surface area contributed by atoms with Gasteiger partial charge in [0.05, 0.1) is 0 Å². The molecule has 0 spiro atoms. The van der Waals surface area contributed by atoms with Gasteiger partial charge in [0.25, 0.3) is 0 Å². The summed E-state index contributed by atoms with van der Waals surface area (Å²) < 4.78 is 13.1. The Morgan fingerprint density at radius 2 is 1.57 bits per heavy atom. The fourth-order valence-electron chi connectivity index (χ4n) is 3.35. The molecule has 0 saturated carbocycles. The van der Waals surface area contributed by atoms with Gasteiger partial charge in [-0.05, 0) is 67.6 Å². The number of anilines is 1. The van der Waals surface area contributed by atoms with Crippen LogP contribution in [0.15, 0.2) is 48.5 Å². The van der Waals surface area contributed by atoms with Crippen molar-refractivity contribution >= 4 is 5.69 Å². The molecule has 0 bridgehead atoms. The van der Waals surface area contributed by atoms with Crippen LogP contribution in [0.4, 0.5) is 10.1 Å². The molecule has 0 aliphatic carbocycles. The zero-order valence-corrected chi connectivity index (χ0v) is 13.5. The predicted octanol–water partition coefficient (Wildman–Crippen LogP) is 4.10. The van der Waals surface area contributed by atoms with Crippen molar-refractivity contribution in [2.75, 3.05) is 24.5 Å². The van der Waals surface area contributed by atoms with Gasteiger partial charge in [0.1, 0.15) is 5.82 Å². The molecule has 0 radical (unpaired) electrons. The first-order valence-electron chi connectivity index (χ1n) is 8.55. The zero-order valence-electron chi connectivity index (χ0n) is 13.5. The molecule has 122 valence electrons. The van der Waals surface area contributed by atoms with Gasteiger partial charge in [0, 0.05) is 24.7 Å². The number of piperidine rings is 1. The lowest BCUT2D eigenvalue weighted by Gasteiger charge is -2.29. The van der Waals surface area contributed by atoms with Crippen LogP contribution in [0.25, 0.3) is 0 Å². The number of halogens is 1. The maximum Gasteiger partial charge on any atom is 0.123 e. The summed E-state index contributed by atoms with van der Waals surface area (Å²) >= 11 is 0. The molecule has 3 heteroatoms. The molecule has 2 aromatic carbocycles. The summed E-state index contributed by atoms with van der Waals surface area (Å²) in [5, 5.41) is 0. The fourth-order valence-corrected chi connectivity index (χ4v) is 3.35. The molecular weight excluding hydrogens is 287 g/mol. The van der Waals surface area contributed by atoms with Crippen molar-refractivity contribution < 1.29 is 4.39 Å². The van der Waals surface area contributed by atoms with Crippen LogP contribution in [0.1, 0.15) is 36.3 Å². The molecule has 2 aromatic rings. The Hall–Kier alpha value is -1.87. The van der Waals surface area contributed by atoms with Crippen LogP contribution < -0.4 is 10.6 Å². The molecule has 0 amide bonds. The summed E-state index contributed by atoms with van der Waals surface area (Å²) in [5.41, 5.74) is 9.64. The number of nitrogens with zero attached hydrogens (tertiary/aromatic N) is 1. The molecule has 2 N–H and O–H groups in total. The highest BCUT2D eigenvalue weighted by Gasteiger charge is 2.13. The largest absolute Gasteiger partial charge is 0.372 e. The maximum absolute atomic E-state index is 13.1. The topological polar surface area (TPSA) is 29.3 Å². The molecule has 1 heterocycles. The first-order chi connectivity index (χ1) is 11.3. The van der Waals surface area contributed by atoms with Crippen LogP contribution in [-0.2, 0) is 6.42 Å². The van der Waals surface area contributed by atoms with Crippen LogP contribution in [-0.4, -0.2) is 19.6 Å². The van der Waals surface area contributed by atoms with Crippen molar-refractivity contribution in [3.8, 4) is 0 Å². The molecular formula is C20H25FN2. The van der Waals surface area contributed by atoms with Crippen LogP contribution in [0.3, 0.4) is 0 Å². The van der Waals surface area contributed by atoms with E-state index in [0.29, 0.717) is 6.54 Å². The lowest BCUT2D eigenvalue weighted by Crippen LogP contribution is -2.29. The maximum atomic E-state index is 13.1. The van der Waals surface area contributed by atoms with E-state index in [0.717, 1.165) is 12.0 Å². The lowest BCUT2D eigenvalue weighted by molar-refractivity contribution is 0.578. The van der Waals surface area contributed by atoms with E-state index in [4.69, 9.17) is 5.73 Å². The van der Waals surface area contributed by atoms with Gasteiger partial charge < -0.3 is 10.6 Å². The van der Waals surface area contributed by atoms with Crippen molar-refractivity contribution in [1.82, 2.24) is 0 Å². The molecule has 0 aromatic heterocycles. The van der Waals surface area contributed by atoms with Gasteiger partial charge >= 0.3 is 0 Å². The summed E-state index contributed by atoms with van der Waals surface area (Å²) in [6.07, 6.45) is 4.83. The minimum atomic E-state index is -0.199. The van der Waals surface area contributed by atoms with Gasteiger partial charge in [0.15, 0.2) is 0 Å². The normalized spacial score (nSPS) is 16.3. The summed E-state index contributed by atoms with van der Waals surface area (Å²) in [6.45, 7) is 2.90. The van der Waals surface area contributed by atoms with E-state index in [-0.39, 0.29) is 11.7 Å². The van der Waals surface area contributed by atoms with Gasteiger partial charge in [-0.15, -0.1) is 0 Å². The summed E-state index contributed by atoms with van der Waals surface area (Å²) in [6, 6.07) is 15.6. The monoisotopic (exact) mass is 312 g/mol. The van der Waals surface area contributed by atoms with Crippen LogP contribution in [0, 0.1) is 5.82 Å². The second-order valence-corrected chi connectivity index (χ2v) is 6.40. The number of nitrogens with two attached hydrogens (primary N) is 1. The van der Waals surface area contributed by atoms with Gasteiger partial charge in [-0.3, -0.25) is 0 Å². The Bertz CT molecular complexity index is 601. The predicted molar refractivity (Wildman–Crippen MR) is 94.4 cm³/mol. The van der Waals surface area contributed by atoms with E-state index in [1.807, 2.05) is 12.1 Å². The second kappa shape index (κ2) is 7.60. The molecule has 1 unspecified atom stereocenters. The smallest absolute Gasteiger partial charge is 0.123 e. The Balaban J connectivity index is 1.67. The van der Waals surface area contributed by atoms with Gasteiger partial charge in [0.2, 0.25) is 0 Å². The highest BCUT2D eigenvalue weighted by Crippen LogP contribution is 2.24. The van der Waals surface area contributed by atoms with Crippen molar-refractivity contribution in [2.45, 2.75) is 31.6 Å². The average molecular weight is 312 g/mol. The van der Waals surface area contributed by atoms with E-state index in [1.165, 1.54) is 55.7 Å². The van der Waals surface area contributed by atoms with Gasteiger partial charge in [-0.1, -0.05) is 24.3 Å². The van der Waals surface area contributed by atoms with E-state index in [1.54, 1.807) is 0 Å². The first-order valence-corrected chi connectivity index (χ1v) is 8.55. The SMILES string of the molecule is NCC(Cc1ccc(N2CCCCC2)cc1)c1ccc(F)cc1. The molecule has 3 rings (SSSR count). The molecule has 1 saturated heterocycles. The summed E-state index contributed by atoms with van der Waals surface area (Å²) in [7, 11) is 0. The molecule has 1 aliphatic rings. The minimum absolute atomic E-state index is 0.199. The van der Waals surface area contributed by atoms with E-state index in [2.05, 4.69) is 29.2 Å². The third-order valence-corrected chi connectivity index (χ3v) is 4.77. The lowest BCUT2D eigenvalue weighted by atomic mass is 9.92. The summed E-state index contributed by atoms with van der Waals surface area (Å²) in [5.74, 6) is 0.0341. The number of hydrogen-bond donors (Lipinski definition) is 1. The molecule has 1 atom stereocenters. The highest BCUT2D eigenvalue weighted by atomic mass is 19.1. The first kappa shape index (κ1) is 16.0. The van der Waals surface area contributed by atoms with Crippen LogP contribution in [0.2, 0.25) is 0 Å². The third-order valence-electron chi connectivity index (χ3n) is 4.77. The van der Waals surface area contributed by atoms with Crippen LogP contribution in [0.5, 0.6) is 0 Å². The summed E-state index contributed by atoms with van der Waals surface area (Å²) in [4.78, 5) is 2.47. The van der Waals surface area contributed by atoms with E-state index < -0.39 is 0 Å². The number of rotatable bonds is 5.